The van der Waals surface area contributed by atoms with E-state index >= 15 is 0 Å². The third-order valence-corrected chi connectivity index (χ3v) is 7.16. The van der Waals surface area contributed by atoms with E-state index in [2.05, 4.69) is 48.3 Å². The summed E-state index contributed by atoms with van der Waals surface area (Å²) in [6.07, 6.45) is 4.77. The Bertz CT molecular complexity index is 1420. The number of nitrogens with one attached hydrogen (secondary N) is 2. The predicted molar refractivity (Wildman–Crippen MR) is 136 cm³/mol. The van der Waals surface area contributed by atoms with Crippen molar-refractivity contribution in [1.82, 2.24) is 39.3 Å². The van der Waals surface area contributed by atoms with Crippen molar-refractivity contribution in [3.63, 3.8) is 0 Å². The number of nitrogens with zero attached hydrogens (tertiary/aromatic N) is 7. The molecular weight excluding hydrogens is 461 g/mol. The molecule has 36 heavy (non-hydrogen) atoms. The van der Waals surface area contributed by atoms with Gasteiger partial charge >= 0.3 is 0 Å². The van der Waals surface area contributed by atoms with Gasteiger partial charge in [-0.2, -0.15) is 9.61 Å². The molecule has 0 unspecified atom stereocenters. The molecule has 10 nitrogen and oxygen atoms in total. The van der Waals surface area contributed by atoms with Crippen LogP contribution >= 0.6 is 0 Å². The van der Waals surface area contributed by atoms with Crippen LogP contribution in [0.3, 0.4) is 0 Å². The summed E-state index contributed by atoms with van der Waals surface area (Å²) in [5.41, 5.74) is 3.31. The summed E-state index contributed by atoms with van der Waals surface area (Å²) in [6.45, 7) is 6.07. The Balaban J connectivity index is 1.36. The quantitative estimate of drug-likeness (QED) is 0.408. The van der Waals surface area contributed by atoms with Crippen LogP contribution in [0.2, 0.25) is 0 Å². The number of likely N-dealkylation sites (N-methyl/N-ethyl adjacent to an activating group) is 1. The molecule has 4 aromatic rings. The molecule has 2 aliphatic rings. The van der Waals surface area contributed by atoms with Crippen molar-refractivity contribution in [2.45, 2.75) is 25.2 Å². The van der Waals surface area contributed by atoms with E-state index in [1.165, 1.54) is 6.20 Å². The molecule has 2 atom stereocenters. The SMILES string of the molecule is CNc1cc(-c2cn(CCN3CCN(C)CC3)c3ncccc23)nc2c(C(=O)N[C@H]3C[C@H]3F)cnn12. The maximum atomic E-state index is 13.4. The number of carbonyl (C=O) groups is 1. The second-order valence-electron chi connectivity index (χ2n) is 9.66. The third kappa shape index (κ3) is 4.18. The maximum Gasteiger partial charge on any atom is 0.257 e. The Hall–Kier alpha value is -3.57. The second-order valence-corrected chi connectivity index (χ2v) is 9.66. The molecule has 0 bridgehead atoms. The summed E-state index contributed by atoms with van der Waals surface area (Å²) in [6, 6.07) is 5.47. The van der Waals surface area contributed by atoms with Crippen molar-refractivity contribution in [2.75, 3.05) is 52.1 Å². The highest BCUT2D eigenvalue weighted by Gasteiger charge is 2.39. The second kappa shape index (κ2) is 9.14. The van der Waals surface area contributed by atoms with Gasteiger partial charge in [0.25, 0.3) is 5.91 Å². The number of fused-ring (bicyclic) bond motifs is 2. The molecule has 2 fully saturated rings. The largest absolute Gasteiger partial charge is 0.373 e. The molecule has 2 N–H and O–H groups in total. The number of hydrogen-bond donors (Lipinski definition) is 2. The number of anilines is 1. The molecule has 1 saturated heterocycles. The van der Waals surface area contributed by atoms with Gasteiger partial charge in [0, 0.05) is 82.1 Å². The van der Waals surface area contributed by atoms with Gasteiger partial charge in [-0.1, -0.05) is 0 Å². The van der Waals surface area contributed by atoms with E-state index in [1.54, 1.807) is 11.6 Å². The van der Waals surface area contributed by atoms with Crippen LogP contribution in [0.4, 0.5) is 10.2 Å². The Kier molecular flexibility index (Phi) is 5.81. The topological polar surface area (TPSA) is 95.6 Å². The standard InChI is InChI=1S/C25H30FN9O/c1-27-22-13-20(30-24-17(14-29-35(22)24)25(36)31-21-12-19(21)26)18-15-34(23-16(18)4-3-5-28-23)11-10-33-8-6-32(2)7-9-33/h3-5,13-15,19,21,27H,6-12H2,1-2H3,(H,31,36)/t19-,21+/m1/s1. The van der Waals surface area contributed by atoms with Gasteiger partial charge in [0.05, 0.1) is 17.9 Å². The van der Waals surface area contributed by atoms with Crippen LogP contribution in [0.5, 0.6) is 0 Å². The van der Waals surface area contributed by atoms with Crippen LogP contribution in [0.25, 0.3) is 27.9 Å². The molecular formula is C25H30FN9O. The molecule has 0 aromatic carbocycles. The van der Waals surface area contributed by atoms with Crippen LogP contribution in [-0.2, 0) is 6.54 Å². The van der Waals surface area contributed by atoms with Crippen LogP contribution in [0.1, 0.15) is 16.8 Å². The molecule has 1 amide bonds. The van der Waals surface area contributed by atoms with E-state index in [1.807, 2.05) is 24.4 Å². The number of pyridine rings is 1. The Morgan fingerprint density at radius 2 is 2.00 bits per heavy atom. The van der Waals surface area contributed by atoms with Gasteiger partial charge in [-0.05, 0) is 19.2 Å². The summed E-state index contributed by atoms with van der Waals surface area (Å²) >= 11 is 0. The van der Waals surface area contributed by atoms with Gasteiger partial charge in [0.15, 0.2) is 5.65 Å². The Morgan fingerprint density at radius 1 is 1.19 bits per heavy atom. The van der Waals surface area contributed by atoms with Crippen molar-refractivity contribution < 1.29 is 9.18 Å². The van der Waals surface area contributed by atoms with E-state index in [-0.39, 0.29) is 5.91 Å². The summed E-state index contributed by atoms with van der Waals surface area (Å²) < 4.78 is 17.2. The first-order chi connectivity index (χ1) is 17.5. The number of amides is 1. The lowest BCUT2D eigenvalue weighted by Crippen LogP contribution is -2.45. The number of carbonyl (C=O) groups excluding carboxylic acids is 1. The number of alkyl halides is 1. The minimum Gasteiger partial charge on any atom is -0.373 e. The number of piperazine rings is 1. The lowest BCUT2D eigenvalue weighted by molar-refractivity contribution is 0.0949. The zero-order valence-corrected chi connectivity index (χ0v) is 20.5. The highest BCUT2D eigenvalue weighted by atomic mass is 19.1. The van der Waals surface area contributed by atoms with Gasteiger partial charge in [-0.25, -0.2) is 14.4 Å². The molecule has 1 aliphatic heterocycles. The minimum absolute atomic E-state index is 0.323. The van der Waals surface area contributed by atoms with Crippen LogP contribution in [-0.4, -0.2) is 98.9 Å². The zero-order valence-electron chi connectivity index (χ0n) is 20.5. The summed E-state index contributed by atoms with van der Waals surface area (Å²) in [5.74, 6) is 0.337. The average Bonchev–Trinajstić information content (AvgIpc) is 3.28. The molecule has 1 saturated carbocycles. The fraction of sp³-hybridized carbons (Fsp3) is 0.440. The summed E-state index contributed by atoms with van der Waals surface area (Å²) in [7, 11) is 3.97. The summed E-state index contributed by atoms with van der Waals surface area (Å²) in [5, 5.41) is 11.2. The number of hydrogen-bond acceptors (Lipinski definition) is 7. The fourth-order valence-electron chi connectivity index (χ4n) is 4.82. The van der Waals surface area contributed by atoms with Crippen LogP contribution in [0, 0.1) is 0 Å². The number of rotatable bonds is 7. The molecule has 11 heteroatoms. The smallest absolute Gasteiger partial charge is 0.257 e. The van der Waals surface area contributed by atoms with Gasteiger partial charge in [-0.3, -0.25) is 9.69 Å². The number of aromatic nitrogens is 5. The highest BCUT2D eigenvalue weighted by Crippen LogP contribution is 2.31. The van der Waals surface area contributed by atoms with E-state index < -0.39 is 12.2 Å². The van der Waals surface area contributed by atoms with Gasteiger partial charge in [0.1, 0.15) is 23.2 Å². The molecule has 6 rings (SSSR count). The van der Waals surface area contributed by atoms with Crippen molar-refractivity contribution in [2.24, 2.45) is 0 Å². The van der Waals surface area contributed by atoms with Gasteiger partial charge in [0.2, 0.25) is 0 Å². The molecule has 4 aromatic heterocycles. The van der Waals surface area contributed by atoms with Gasteiger partial charge < -0.3 is 20.1 Å². The number of halogens is 1. The van der Waals surface area contributed by atoms with E-state index in [4.69, 9.17) is 4.98 Å². The van der Waals surface area contributed by atoms with Gasteiger partial charge in [-0.15, -0.1) is 0 Å². The summed E-state index contributed by atoms with van der Waals surface area (Å²) in [4.78, 5) is 27.2. The predicted octanol–water partition coefficient (Wildman–Crippen LogP) is 1.88. The molecule has 188 valence electrons. The first-order valence-corrected chi connectivity index (χ1v) is 12.4. The molecule has 0 spiro atoms. The molecule has 0 radical (unpaired) electrons. The first kappa shape index (κ1) is 22.9. The molecule has 1 aliphatic carbocycles. The fourth-order valence-corrected chi connectivity index (χ4v) is 4.82. The van der Waals surface area contributed by atoms with Crippen LogP contribution < -0.4 is 10.6 Å². The van der Waals surface area contributed by atoms with E-state index in [0.29, 0.717) is 29.1 Å². The van der Waals surface area contributed by atoms with E-state index in [0.717, 1.165) is 55.9 Å². The van der Waals surface area contributed by atoms with E-state index in [9.17, 15) is 9.18 Å². The average molecular weight is 492 g/mol. The Morgan fingerprint density at radius 3 is 2.75 bits per heavy atom. The van der Waals surface area contributed by atoms with Crippen molar-refractivity contribution in [3.8, 4) is 11.3 Å². The normalized spacial score (nSPS) is 20.8. The Labute approximate surface area is 208 Å². The zero-order chi connectivity index (χ0) is 24.8. The molecule has 5 heterocycles. The maximum absolute atomic E-state index is 13.4. The van der Waals surface area contributed by atoms with Crippen molar-refractivity contribution in [1.29, 1.82) is 0 Å². The third-order valence-electron chi connectivity index (χ3n) is 7.16. The lowest BCUT2D eigenvalue weighted by atomic mass is 10.1. The van der Waals surface area contributed by atoms with Crippen molar-refractivity contribution in [3.05, 3.63) is 42.4 Å². The minimum atomic E-state index is -0.975. The first-order valence-electron chi connectivity index (χ1n) is 12.4. The monoisotopic (exact) mass is 491 g/mol. The highest BCUT2D eigenvalue weighted by molar-refractivity contribution is 6.01. The van der Waals surface area contributed by atoms with Crippen molar-refractivity contribution >= 4 is 28.4 Å². The van der Waals surface area contributed by atoms with Crippen LogP contribution in [0.15, 0.2) is 36.8 Å². The lowest BCUT2D eigenvalue weighted by Gasteiger charge is -2.32.